The number of carboxylic acids is 1. The molecule has 1 saturated heterocycles. The first kappa shape index (κ1) is 36.5. The average molecular weight is 757 g/mol. The highest BCUT2D eigenvalue weighted by Gasteiger charge is 2.41. The van der Waals surface area contributed by atoms with Crippen LogP contribution in [-0.2, 0) is 27.3 Å². The summed E-state index contributed by atoms with van der Waals surface area (Å²) in [7, 11) is 0. The molecule has 0 aliphatic carbocycles. The normalized spacial score (nSPS) is 17.9. The number of fused-ring (bicyclic) bond motifs is 2. The molecule has 0 spiro atoms. The molecule has 5 rings (SSSR count). The second kappa shape index (κ2) is 16.8. The van der Waals surface area contributed by atoms with Crippen LogP contribution in [0.2, 0.25) is 5.02 Å². The van der Waals surface area contributed by atoms with Gasteiger partial charge in [-0.15, -0.1) is 0 Å². The number of carbonyl (C=O) groups excluding carboxylic acids is 2. The molecule has 3 N–H and O–H groups in total. The predicted molar refractivity (Wildman–Crippen MR) is 189 cm³/mol. The van der Waals surface area contributed by atoms with Gasteiger partial charge in [-0.05, 0) is 82.6 Å². The number of ether oxygens (including phenoxy) is 1. The summed E-state index contributed by atoms with van der Waals surface area (Å²) in [5, 5.41) is 23.3. The molecule has 0 radical (unpaired) electrons. The van der Waals surface area contributed by atoms with Gasteiger partial charge in [0.15, 0.2) is 0 Å². The predicted octanol–water partition coefficient (Wildman–Crippen LogP) is 5.85. The van der Waals surface area contributed by atoms with E-state index in [0.29, 0.717) is 53.5 Å². The number of rotatable bonds is 14. The van der Waals surface area contributed by atoms with Crippen LogP contribution in [0.1, 0.15) is 49.3 Å². The maximum absolute atomic E-state index is 14.4. The highest BCUT2D eigenvalue weighted by Crippen LogP contribution is 2.35. The fourth-order valence-electron chi connectivity index (χ4n) is 6.43. The second-order valence-electron chi connectivity index (χ2n) is 12.4. The van der Waals surface area contributed by atoms with Crippen molar-refractivity contribution < 1.29 is 33.7 Å². The molecule has 3 aromatic carbocycles. The number of nitrogens with one attached hydrogen (secondary N) is 1. The fourth-order valence-corrected chi connectivity index (χ4v) is 7.01. The third kappa shape index (κ3) is 9.27. The summed E-state index contributed by atoms with van der Waals surface area (Å²) in [4.78, 5) is 42.0. The van der Waals surface area contributed by atoms with E-state index in [2.05, 4.69) is 21.2 Å². The standard InChI is InChI=1S/C37H40BrClFN3O6/c1-2-42(20-25-8-3-4-9-29(25)39)37(48)35-28(17-26-21-43(22-31(35)41-26)33(45)18-27(44)19-34(46)47)24-14-12-23(13-15-24)7-6-16-49-32-11-5-10-30(40)36(32)38/h3-5,8-15,26-27,31,41,44H,2,6-7,16-22H2,1H3,(H,46,47)/t26-,27+,31-/m1/s1. The molecule has 2 heterocycles. The third-order valence-corrected chi connectivity index (χ3v) is 10.0. The van der Waals surface area contributed by atoms with Gasteiger partial charge in [0.1, 0.15) is 11.6 Å². The van der Waals surface area contributed by atoms with Crippen molar-refractivity contribution in [3.05, 3.63) is 104 Å². The van der Waals surface area contributed by atoms with E-state index in [1.165, 1.54) is 6.07 Å². The fraction of sp³-hybridized carbons (Fsp3) is 0.378. The van der Waals surface area contributed by atoms with Gasteiger partial charge in [-0.1, -0.05) is 60.1 Å². The van der Waals surface area contributed by atoms with Gasteiger partial charge in [-0.2, -0.15) is 0 Å². The van der Waals surface area contributed by atoms with Crippen molar-refractivity contribution in [1.29, 1.82) is 0 Å². The van der Waals surface area contributed by atoms with Crippen LogP contribution >= 0.6 is 27.5 Å². The van der Waals surface area contributed by atoms with Gasteiger partial charge >= 0.3 is 5.97 Å². The molecule has 2 amide bonds. The van der Waals surface area contributed by atoms with Gasteiger partial charge in [-0.25, -0.2) is 4.39 Å². The molecule has 12 heteroatoms. The van der Waals surface area contributed by atoms with Crippen molar-refractivity contribution in [3.63, 3.8) is 0 Å². The number of aliphatic hydroxyl groups is 1. The Morgan fingerprint density at radius 2 is 1.84 bits per heavy atom. The van der Waals surface area contributed by atoms with E-state index < -0.39 is 24.5 Å². The molecule has 0 unspecified atom stereocenters. The highest BCUT2D eigenvalue weighted by atomic mass is 79.9. The molecule has 9 nitrogen and oxygen atoms in total. The smallest absolute Gasteiger partial charge is 0.305 e. The number of piperazine rings is 1. The number of aliphatic carboxylic acids is 1. The van der Waals surface area contributed by atoms with Crippen molar-refractivity contribution in [2.24, 2.45) is 0 Å². The summed E-state index contributed by atoms with van der Waals surface area (Å²) in [6, 6.07) is 19.7. The largest absolute Gasteiger partial charge is 0.492 e. The summed E-state index contributed by atoms with van der Waals surface area (Å²) in [5.41, 5.74) is 4.35. The number of carbonyl (C=O) groups is 3. The summed E-state index contributed by atoms with van der Waals surface area (Å²) < 4.78 is 19.9. The number of amides is 2. The Balaban J connectivity index is 1.36. The number of halogens is 3. The van der Waals surface area contributed by atoms with E-state index >= 15 is 0 Å². The molecule has 2 bridgehead atoms. The Kier molecular flexibility index (Phi) is 12.5. The zero-order valence-electron chi connectivity index (χ0n) is 27.2. The van der Waals surface area contributed by atoms with Crippen LogP contribution in [0.5, 0.6) is 5.75 Å². The minimum atomic E-state index is -1.29. The Bertz CT molecular complexity index is 1700. The number of likely N-dealkylation sites (N-methyl/N-ethyl adjacent to an activating group) is 1. The molecule has 260 valence electrons. The van der Waals surface area contributed by atoms with Gasteiger partial charge in [0, 0.05) is 42.8 Å². The zero-order valence-corrected chi connectivity index (χ0v) is 29.6. The van der Waals surface area contributed by atoms with Crippen LogP contribution in [-0.4, -0.2) is 82.2 Å². The molecule has 3 aromatic rings. The quantitative estimate of drug-likeness (QED) is 0.177. The summed E-state index contributed by atoms with van der Waals surface area (Å²) in [6.45, 7) is 3.68. The van der Waals surface area contributed by atoms with Crippen LogP contribution in [0.3, 0.4) is 0 Å². The minimum Gasteiger partial charge on any atom is -0.492 e. The molecule has 3 atom stereocenters. The van der Waals surface area contributed by atoms with Gasteiger partial charge in [-0.3, -0.25) is 14.4 Å². The maximum atomic E-state index is 14.4. The van der Waals surface area contributed by atoms with Gasteiger partial charge in [0.05, 0.1) is 36.1 Å². The first-order valence-corrected chi connectivity index (χ1v) is 17.6. The van der Waals surface area contributed by atoms with Crippen molar-refractivity contribution >= 4 is 50.9 Å². The lowest BCUT2D eigenvalue weighted by Gasteiger charge is -2.45. The first-order chi connectivity index (χ1) is 23.5. The molecule has 0 saturated carbocycles. The molecule has 2 aliphatic rings. The molecule has 49 heavy (non-hydrogen) atoms. The number of aryl methyl sites for hydroxylation is 1. The van der Waals surface area contributed by atoms with Crippen LogP contribution in [0.4, 0.5) is 4.39 Å². The van der Waals surface area contributed by atoms with Crippen molar-refractivity contribution in [1.82, 2.24) is 15.1 Å². The number of hydrogen-bond acceptors (Lipinski definition) is 6. The summed E-state index contributed by atoms with van der Waals surface area (Å²) in [5.74, 6) is -1.58. The number of aliphatic hydroxyl groups excluding tert-OH is 1. The lowest BCUT2D eigenvalue weighted by Crippen LogP contribution is -2.62. The molecule has 2 aliphatic heterocycles. The Hall–Kier alpha value is -3.77. The van der Waals surface area contributed by atoms with Crippen molar-refractivity contribution in [2.45, 2.75) is 63.8 Å². The zero-order chi connectivity index (χ0) is 35.1. The van der Waals surface area contributed by atoms with E-state index in [1.54, 1.807) is 28.0 Å². The number of nitrogens with zero attached hydrogens (tertiary/aromatic N) is 2. The molecule has 0 aromatic heterocycles. The lowest BCUT2D eigenvalue weighted by atomic mass is 9.82. The van der Waals surface area contributed by atoms with Crippen LogP contribution in [0, 0.1) is 5.82 Å². The first-order valence-electron chi connectivity index (χ1n) is 16.4. The third-order valence-electron chi connectivity index (χ3n) is 8.88. The maximum Gasteiger partial charge on any atom is 0.305 e. The van der Waals surface area contributed by atoms with Crippen LogP contribution in [0.25, 0.3) is 5.57 Å². The average Bonchev–Trinajstić information content (AvgIpc) is 3.07. The van der Waals surface area contributed by atoms with Crippen molar-refractivity contribution in [2.75, 3.05) is 26.2 Å². The Labute approximate surface area is 298 Å². The van der Waals surface area contributed by atoms with Crippen LogP contribution in [0.15, 0.2) is 76.8 Å². The minimum absolute atomic E-state index is 0.136. The number of carboxylic acid groups (broad SMARTS) is 1. The summed E-state index contributed by atoms with van der Waals surface area (Å²) >= 11 is 9.69. The van der Waals surface area contributed by atoms with Gasteiger partial charge < -0.3 is 30.1 Å². The highest BCUT2D eigenvalue weighted by molar-refractivity contribution is 9.10. The Morgan fingerprint density at radius 3 is 2.55 bits per heavy atom. The molecular weight excluding hydrogens is 717 g/mol. The van der Waals surface area contributed by atoms with E-state index in [4.69, 9.17) is 21.4 Å². The van der Waals surface area contributed by atoms with E-state index in [9.17, 15) is 23.9 Å². The van der Waals surface area contributed by atoms with Gasteiger partial charge in [0.25, 0.3) is 5.91 Å². The lowest BCUT2D eigenvalue weighted by molar-refractivity contribution is -0.141. The van der Waals surface area contributed by atoms with Crippen molar-refractivity contribution in [3.8, 4) is 5.75 Å². The SMILES string of the molecule is CCN(Cc1ccccc1Cl)C(=O)C1=C(c2ccc(CCCOc3cccc(F)c3Br)cc2)C[C@@H]2CN(C(=O)C[C@H](O)CC(=O)O)C[C@H]1N2. The second-order valence-corrected chi connectivity index (χ2v) is 13.6. The van der Waals surface area contributed by atoms with Crippen LogP contribution < -0.4 is 10.1 Å². The van der Waals surface area contributed by atoms with Gasteiger partial charge in [0.2, 0.25) is 5.91 Å². The van der Waals surface area contributed by atoms with E-state index in [-0.39, 0.29) is 36.6 Å². The molecule has 1 fully saturated rings. The monoisotopic (exact) mass is 755 g/mol. The van der Waals surface area contributed by atoms with E-state index in [1.807, 2.05) is 49.4 Å². The summed E-state index contributed by atoms with van der Waals surface area (Å²) in [6.07, 6.45) is -0.131. The topological polar surface area (TPSA) is 119 Å². The van der Waals surface area contributed by atoms with E-state index in [0.717, 1.165) is 35.1 Å². The number of benzene rings is 3. The number of hydrogen-bond donors (Lipinski definition) is 3. The Morgan fingerprint density at radius 1 is 1.08 bits per heavy atom. The molecular formula is C37H40BrClFN3O6.